The van der Waals surface area contributed by atoms with Crippen molar-refractivity contribution in [2.45, 2.75) is 71.0 Å². The molecular weight excluding hydrogens is 444 g/mol. The van der Waals surface area contributed by atoms with Gasteiger partial charge in [0.25, 0.3) is 0 Å². The quantitative estimate of drug-likeness (QED) is 0.249. The number of hydrogen-bond donors (Lipinski definition) is 0. The lowest BCUT2D eigenvalue weighted by atomic mass is 9.80. The average Bonchev–Trinajstić information content (AvgIpc) is 3.21. The number of aryl methyl sites for hydroxylation is 1. The van der Waals surface area contributed by atoms with Crippen LogP contribution in [0.15, 0.2) is 53.4 Å². The summed E-state index contributed by atoms with van der Waals surface area (Å²) >= 11 is 3.50. The van der Waals surface area contributed by atoms with Gasteiger partial charge in [-0.25, -0.2) is 4.79 Å². The summed E-state index contributed by atoms with van der Waals surface area (Å²) in [6.45, 7) is 18.2. The summed E-state index contributed by atoms with van der Waals surface area (Å²) in [7, 11) is 0. The predicted molar refractivity (Wildman–Crippen MR) is 144 cm³/mol. The van der Waals surface area contributed by atoms with Crippen LogP contribution in [0.5, 0.6) is 0 Å². The summed E-state index contributed by atoms with van der Waals surface area (Å²) in [6.07, 6.45) is 0. The monoisotopic (exact) mass is 480 g/mol. The van der Waals surface area contributed by atoms with Gasteiger partial charge in [0.2, 0.25) is 0 Å². The summed E-state index contributed by atoms with van der Waals surface area (Å²) in [4.78, 5) is 15.5. The second-order valence-corrected chi connectivity index (χ2v) is 12.2. The van der Waals surface area contributed by atoms with Gasteiger partial charge in [-0.3, -0.25) is 0 Å². The van der Waals surface area contributed by atoms with E-state index in [9.17, 15) is 4.79 Å². The third kappa shape index (κ3) is 5.73. The van der Waals surface area contributed by atoms with Gasteiger partial charge in [0.15, 0.2) is 0 Å². The zero-order chi connectivity index (χ0) is 24.3. The number of thiophene rings is 1. The van der Waals surface area contributed by atoms with Crippen molar-refractivity contribution < 1.29 is 9.53 Å². The average molecular weight is 481 g/mol. The van der Waals surface area contributed by atoms with Gasteiger partial charge in [-0.2, -0.15) is 0 Å². The molecule has 176 valence electrons. The SMILES string of the molecule is CCOC(=O)c1ccc(C(Sc2cc(C)c(-c3ccccc3)c(C)c2C(C)(C)C)C(C)C)s1. The van der Waals surface area contributed by atoms with E-state index in [4.69, 9.17) is 4.74 Å². The highest BCUT2D eigenvalue weighted by Crippen LogP contribution is 2.49. The van der Waals surface area contributed by atoms with Gasteiger partial charge in [-0.15, -0.1) is 23.1 Å². The highest BCUT2D eigenvalue weighted by atomic mass is 32.2. The minimum atomic E-state index is -0.226. The topological polar surface area (TPSA) is 26.3 Å². The number of benzene rings is 2. The van der Waals surface area contributed by atoms with Crippen molar-refractivity contribution in [1.82, 2.24) is 0 Å². The van der Waals surface area contributed by atoms with Gasteiger partial charge in [-0.1, -0.05) is 65.0 Å². The summed E-state index contributed by atoms with van der Waals surface area (Å²) in [5.74, 6) is 0.196. The van der Waals surface area contributed by atoms with Crippen molar-refractivity contribution in [3.63, 3.8) is 0 Å². The van der Waals surface area contributed by atoms with Gasteiger partial charge in [0.1, 0.15) is 4.88 Å². The van der Waals surface area contributed by atoms with Gasteiger partial charge >= 0.3 is 5.97 Å². The van der Waals surface area contributed by atoms with E-state index in [1.165, 1.54) is 37.6 Å². The fourth-order valence-electron chi connectivity index (χ4n) is 4.50. The molecule has 2 nitrogen and oxygen atoms in total. The van der Waals surface area contributed by atoms with Crippen LogP contribution in [0.1, 0.15) is 78.0 Å². The number of ether oxygens (including phenoxy) is 1. The molecular formula is C29H36O2S2. The molecule has 33 heavy (non-hydrogen) atoms. The van der Waals surface area contributed by atoms with Crippen molar-refractivity contribution in [3.8, 4) is 11.1 Å². The van der Waals surface area contributed by atoms with Gasteiger partial charge in [-0.05, 0) is 78.1 Å². The Labute approximate surface area is 207 Å². The Balaban J connectivity index is 2.08. The Bertz CT molecular complexity index is 1100. The molecule has 4 heteroatoms. The van der Waals surface area contributed by atoms with Gasteiger partial charge in [0.05, 0.1) is 6.61 Å². The summed E-state index contributed by atoms with van der Waals surface area (Å²) in [6, 6.07) is 17.1. The molecule has 0 bridgehead atoms. The maximum Gasteiger partial charge on any atom is 0.348 e. The molecule has 0 aliphatic heterocycles. The summed E-state index contributed by atoms with van der Waals surface area (Å²) < 4.78 is 5.21. The van der Waals surface area contributed by atoms with Crippen molar-refractivity contribution in [2.75, 3.05) is 6.61 Å². The van der Waals surface area contributed by atoms with Crippen LogP contribution in [0.4, 0.5) is 0 Å². The highest BCUT2D eigenvalue weighted by molar-refractivity contribution is 7.99. The zero-order valence-electron chi connectivity index (χ0n) is 21.1. The Morgan fingerprint density at radius 3 is 2.30 bits per heavy atom. The van der Waals surface area contributed by atoms with Crippen molar-refractivity contribution >= 4 is 29.1 Å². The zero-order valence-corrected chi connectivity index (χ0v) is 22.7. The normalized spacial score (nSPS) is 12.8. The van der Waals surface area contributed by atoms with Crippen LogP contribution in [-0.2, 0) is 10.2 Å². The maximum absolute atomic E-state index is 12.2. The molecule has 1 atom stereocenters. The molecule has 1 heterocycles. The fraction of sp³-hybridized carbons (Fsp3) is 0.414. The molecule has 1 unspecified atom stereocenters. The van der Waals surface area contributed by atoms with Crippen LogP contribution in [0, 0.1) is 19.8 Å². The summed E-state index contributed by atoms with van der Waals surface area (Å²) in [5.41, 5.74) is 6.69. The number of carbonyl (C=O) groups excluding carboxylic acids is 1. The molecule has 0 fully saturated rings. The lowest BCUT2D eigenvalue weighted by Gasteiger charge is -2.30. The molecule has 1 aromatic heterocycles. The largest absolute Gasteiger partial charge is 0.462 e. The van der Waals surface area contributed by atoms with Crippen molar-refractivity contribution in [2.24, 2.45) is 5.92 Å². The predicted octanol–water partition coefficient (Wildman–Crippen LogP) is 9.00. The molecule has 0 saturated carbocycles. The number of thioether (sulfide) groups is 1. The van der Waals surface area contributed by atoms with E-state index in [1.807, 2.05) is 24.8 Å². The minimum absolute atomic E-state index is 0.0106. The number of esters is 1. The molecule has 0 N–H and O–H groups in total. The first-order valence-corrected chi connectivity index (χ1v) is 13.4. The second kappa shape index (κ2) is 10.5. The van der Waals surface area contributed by atoms with E-state index in [-0.39, 0.29) is 16.6 Å². The van der Waals surface area contributed by atoms with E-state index in [0.717, 1.165) is 0 Å². The van der Waals surface area contributed by atoms with Crippen LogP contribution < -0.4 is 0 Å². The molecule has 0 aliphatic rings. The first kappa shape index (κ1) is 25.6. The molecule has 3 aromatic rings. The maximum atomic E-state index is 12.2. The van der Waals surface area contributed by atoms with E-state index in [1.54, 1.807) is 11.3 Å². The highest BCUT2D eigenvalue weighted by Gasteiger charge is 2.28. The van der Waals surface area contributed by atoms with Gasteiger partial charge in [0, 0.05) is 15.0 Å². The third-order valence-electron chi connectivity index (χ3n) is 5.79. The molecule has 0 spiro atoms. The van der Waals surface area contributed by atoms with E-state index < -0.39 is 0 Å². The number of hydrogen-bond acceptors (Lipinski definition) is 4. The van der Waals surface area contributed by atoms with Crippen LogP contribution in [0.3, 0.4) is 0 Å². The Hall–Kier alpha value is -2.04. The molecule has 0 radical (unpaired) electrons. The van der Waals surface area contributed by atoms with Crippen LogP contribution in [0.2, 0.25) is 0 Å². The van der Waals surface area contributed by atoms with E-state index in [0.29, 0.717) is 17.4 Å². The Morgan fingerprint density at radius 2 is 1.73 bits per heavy atom. The number of rotatable bonds is 7. The molecule has 0 amide bonds. The minimum Gasteiger partial charge on any atom is -0.462 e. The molecule has 0 aliphatic carbocycles. The second-order valence-electron chi connectivity index (χ2n) is 9.89. The fourth-order valence-corrected chi connectivity index (χ4v) is 7.41. The van der Waals surface area contributed by atoms with Crippen LogP contribution in [0.25, 0.3) is 11.1 Å². The molecule has 3 rings (SSSR count). The smallest absolute Gasteiger partial charge is 0.348 e. The van der Waals surface area contributed by atoms with E-state index >= 15 is 0 Å². The first-order chi connectivity index (χ1) is 15.5. The van der Waals surface area contributed by atoms with Crippen molar-refractivity contribution in [3.05, 3.63) is 75.0 Å². The molecule has 0 saturated heterocycles. The van der Waals surface area contributed by atoms with E-state index in [2.05, 4.69) is 90.9 Å². The Kier molecular flexibility index (Phi) is 8.13. The summed E-state index contributed by atoms with van der Waals surface area (Å²) in [5, 5.41) is 0.264. The lowest BCUT2D eigenvalue weighted by molar-refractivity contribution is 0.0532. The molecule has 2 aromatic carbocycles. The van der Waals surface area contributed by atoms with Crippen LogP contribution in [-0.4, -0.2) is 12.6 Å². The number of carbonyl (C=O) groups is 1. The van der Waals surface area contributed by atoms with Crippen LogP contribution >= 0.6 is 23.1 Å². The van der Waals surface area contributed by atoms with Crippen molar-refractivity contribution in [1.29, 1.82) is 0 Å². The Morgan fingerprint density at radius 1 is 1.06 bits per heavy atom. The standard InChI is InChI=1S/C29H36O2S2/c1-9-31-28(30)23-16-15-22(32-23)27(18(2)3)33-24-17-19(4)25(21-13-11-10-12-14-21)20(5)26(24)29(6,7)8/h10-18,27H,9H2,1-8H3. The third-order valence-corrected chi connectivity index (χ3v) is 8.72. The van der Waals surface area contributed by atoms with Gasteiger partial charge < -0.3 is 4.74 Å². The lowest BCUT2D eigenvalue weighted by Crippen LogP contribution is -2.16. The first-order valence-electron chi connectivity index (χ1n) is 11.7.